The lowest BCUT2D eigenvalue weighted by atomic mass is 10.0. The van der Waals surface area contributed by atoms with E-state index in [1.54, 1.807) is 43.0 Å². The Morgan fingerprint density at radius 3 is 2.19 bits per heavy atom. The van der Waals surface area contributed by atoms with Gasteiger partial charge in [0.15, 0.2) is 6.61 Å². The molecule has 2 aliphatic rings. The fraction of sp³-hybridized carbons (Fsp3) is 0.333. The highest BCUT2D eigenvalue weighted by Gasteiger charge is 2.45. The van der Waals surface area contributed by atoms with Crippen LogP contribution in [0.5, 0.6) is 0 Å². The van der Waals surface area contributed by atoms with Crippen LogP contribution in [0.3, 0.4) is 0 Å². The predicted octanol–water partition coefficient (Wildman–Crippen LogP) is 2.83. The molecule has 0 aliphatic carbocycles. The van der Waals surface area contributed by atoms with E-state index >= 15 is 0 Å². The predicted molar refractivity (Wildman–Crippen MR) is 114 cm³/mol. The maximum Gasteiger partial charge on any atom is 0.330 e. The molecule has 4 rings (SSSR count). The maximum atomic E-state index is 12.9. The van der Waals surface area contributed by atoms with E-state index in [-0.39, 0.29) is 29.0 Å². The van der Waals surface area contributed by atoms with Crippen molar-refractivity contribution in [2.24, 2.45) is 5.92 Å². The molecule has 7 heteroatoms. The molecule has 7 nitrogen and oxygen atoms in total. The SMILES string of the molecule is CC(C)[C@H](C(=O)OCC(=O)N1c2ccccc2C[C@@H]1C)N1C(=O)c2ccccc2C1=O. The van der Waals surface area contributed by atoms with Crippen LogP contribution in [0.2, 0.25) is 0 Å². The third kappa shape index (κ3) is 3.50. The number of hydrogen-bond acceptors (Lipinski definition) is 5. The van der Waals surface area contributed by atoms with E-state index in [9.17, 15) is 19.2 Å². The molecule has 2 atom stereocenters. The van der Waals surface area contributed by atoms with E-state index in [1.165, 1.54) is 0 Å². The molecule has 2 aliphatic heterocycles. The van der Waals surface area contributed by atoms with Gasteiger partial charge >= 0.3 is 5.97 Å². The van der Waals surface area contributed by atoms with E-state index < -0.39 is 30.4 Å². The molecule has 2 aromatic rings. The summed E-state index contributed by atoms with van der Waals surface area (Å²) in [6, 6.07) is 12.9. The lowest BCUT2D eigenvalue weighted by molar-refractivity contribution is -0.153. The standard InChI is InChI=1S/C24H24N2O5/c1-14(2)21(26-22(28)17-9-5-6-10-18(17)23(26)29)24(30)31-13-20(27)25-15(3)12-16-8-4-7-11-19(16)25/h4-11,14-15,21H,12-13H2,1-3H3/t15-,21+/m0/s1. The summed E-state index contributed by atoms with van der Waals surface area (Å²) in [4.78, 5) is 54.0. The molecule has 160 valence electrons. The van der Waals surface area contributed by atoms with E-state index in [0.29, 0.717) is 0 Å². The Bertz CT molecular complexity index is 1040. The molecule has 2 aromatic carbocycles. The van der Waals surface area contributed by atoms with Crippen molar-refractivity contribution in [1.82, 2.24) is 4.90 Å². The number of nitrogens with zero attached hydrogens (tertiary/aromatic N) is 2. The number of imide groups is 1. The summed E-state index contributed by atoms with van der Waals surface area (Å²) in [6.07, 6.45) is 0.736. The molecule has 0 bridgehead atoms. The highest BCUT2D eigenvalue weighted by molar-refractivity contribution is 6.22. The second kappa shape index (κ2) is 7.98. The molecule has 31 heavy (non-hydrogen) atoms. The zero-order chi connectivity index (χ0) is 22.3. The van der Waals surface area contributed by atoms with Crippen LogP contribution in [0.15, 0.2) is 48.5 Å². The van der Waals surface area contributed by atoms with Gasteiger partial charge in [-0.25, -0.2) is 4.79 Å². The van der Waals surface area contributed by atoms with Crippen LogP contribution in [0.1, 0.15) is 47.1 Å². The second-order valence-corrected chi connectivity index (χ2v) is 8.27. The van der Waals surface area contributed by atoms with Gasteiger partial charge in [-0.3, -0.25) is 19.3 Å². The van der Waals surface area contributed by atoms with E-state index in [4.69, 9.17) is 4.74 Å². The molecule has 3 amide bonds. The molecular weight excluding hydrogens is 396 g/mol. The monoisotopic (exact) mass is 420 g/mol. The van der Waals surface area contributed by atoms with Crippen LogP contribution in [0, 0.1) is 5.92 Å². The average Bonchev–Trinajstić information content (AvgIpc) is 3.21. The first-order valence-corrected chi connectivity index (χ1v) is 10.3. The normalized spacial score (nSPS) is 18.3. The number of hydrogen-bond donors (Lipinski definition) is 0. The van der Waals surface area contributed by atoms with Gasteiger partial charge in [0, 0.05) is 11.7 Å². The average molecular weight is 420 g/mol. The topological polar surface area (TPSA) is 84.0 Å². The minimum atomic E-state index is -1.11. The number of para-hydroxylation sites is 1. The van der Waals surface area contributed by atoms with Gasteiger partial charge in [0.25, 0.3) is 17.7 Å². The van der Waals surface area contributed by atoms with Crippen molar-refractivity contribution in [2.75, 3.05) is 11.5 Å². The highest BCUT2D eigenvalue weighted by Crippen LogP contribution is 2.32. The molecule has 0 fully saturated rings. The van der Waals surface area contributed by atoms with Gasteiger partial charge in [-0.1, -0.05) is 44.2 Å². The number of carbonyl (C=O) groups excluding carboxylic acids is 4. The van der Waals surface area contributed by atoms with Gasteiger partial charge < -0.3 is 9.64 Å². The summed E-state index contributed by atoms with van der Waals surface area (Å²) in [7, 11) is 0. The summed E-state index contributed by atoms with van der Waals surface area (Å²) in [5, 5.41) is 0. The van der Waals surface area contributed by atoms with Crippen molar-refractivity contribution in [3.63, 3.8) is 0 Å². The van der Waals surface area contributed by atoms with Gasteiger partial charge in [0.05, 0.1) is 11.1 Å². The number of benzene rings is 2. The first-order chi connectivity index (χ1) is 14.8. The van der Waals surface area contributed by atoms with Crippen molar-refractivity contribution >= 4 is 29.4 Å². The minimum Gasteiger partial charge on any atom is -0.454 e. The number of amides is 3. The highest BCUT2D eigenvalue weighted by atomic mass is 16.5. The summed E-state index contributed by atoms with van der Waals surface area (Å²) >= 11 is 0. The van der Waals surface area contributed by atoms with Gasteiger partial charge in [-0.05, 0) is 43.0 Å². The van der Waals surface area contributed by atoms with Crippen molar-refractivity contribution < 1.29 is 23.9 Å². The Morgan fingerprint density at radius 2 is 1.58 bits per heavy atom. The van der Waals surface area contributed by atoms with E-state index in [2.05, 4.69) is 0 Å². The molecule has 0 aromatic heterocycles. The van der Waals surface area contributed by atoms with Gasteiger partial charge in [0.1, 0.15) is 6.04 Å². The molecule has 0 radical (unpaired) electrons. The molecule has 0 saturated heterocycles. The number of anilines is 1. The van der Waals surface area contributed by atoms with Gasteiger partial charge in [-0.2, -0.15) is 0 Å². The second-order valence-electron chi connectivity index (χ2n) is 8.27. The molecule has 0 saturated carbocycles. The Balaban J connectivity index is 1.49. The molecule has 0 unspecified atom stereocenters. The minimum absolute atomic E-state index is 0.0410. The van der Waals surface area contributed by atoms with Crippen LogP contribution in [-0.2, 0) is 20.7 Å². The number of fused-ring (bicyclic) bond motifs is 2. The van der Waals surface area contributed by atoms with Crippen molar-refractivity contribution in [2.45, 2.75) is 39.3 Å². The van der Waals surface area contributed by atoms with Crippen LogP contribution in [-0.4, -0.2) is 47.3 Å². The summed E-state index contributed by atoms with van der Waals surface area (Å²) in [5.74, 6) is -2.53. The Morgan fingerprint density at radius 1 is 1.00 bits per heavy atom. The Hall–Kier alpha value is -3.48. The van der Waals surface area contributed by atoms with Gasteiger partial charge in [-0.15, -0.1) is 0 Å². The van der Waals surface area contributed by atoms with Crippen molar-refractivity contribution in [1.29, 1.82) is 0 Å². The van der Waals surface area contributed by atoms with Crippen LogP contribution < -0.4 is 4.90 Å². The lowest BCUT2D eigenvalue weighted by Crippen LogP contribution is -2.49. The summed E-state index contributed by atoms with van der Waals surface area (Å²) < 4.78 is 5.33. The van der Waals surface area contributed by atoms with Crippen LogP contribution in [0.25, 0.3) is 0 Å². The smallest absolute Gasteiger partial charge is 0.330 e. The van der Waals surface area contributed by atoms with Crippen molar-refractivity contribution in [3.05, 3.63) is 65.2 Å². The third-order valence-electron chi connectivity index (χ3n) is 5.79. The summed E-state index contributed by atoms with van der Waals surface area (Å²) in [6.45, 7) is 4.95. The maximum absolute atomic E-state index is 12.9. The van der Waals surface area contributed by atoms with E-state index in [0.717, 1.165) is 22.6 Å². The fourth-order valence-corrected chi connectivity index (χ4v) is 4.37. The zero-order valence-electron chi connectivity index (χ0n) is 17.7. The Kier molecular flexibility index (Phi) is 5.35. The van der Waals surface area contributed by atoms with Crippen molar-refractivity contribution in [3.8, 4) is 0 Å². The zero-order valence-corrected chi connectivity index (χ0v) is 17.7. The molecule has 0 N–H and O–H groups in total. The largest absolute Gasteiger partial charge is 0.454 e. The fourth-order valence-electron chi connectivity index (χ4n) is 4.37. The van der Waals surface area contributed by atoms with Crippen LogP contribution in [0.4, 0.5) is 5.69 Å². The lowest BCUT2D eigenvalue weighted by Gasteiger charge is -2.28. The molecule has 0 spiro atoms. The van der Waals surface area contributed by atoms with E-state index in [1.807, 2.05) is 31.2 Å². The molecular formula is C24H24N2O5. The number of carbonyl (C=O) groups is 4. The number of ether oxygens (including phenoxy) is 1. The Labute approximate surface area is 180 Å². The molecule has 2 heterocycles. The first-order valence-electron chi connectivity index (χ1n) is 10.3. The number of rotatable bonds is 5. The first kappa shape index (κ1) is 20.8. The summed E-state index contributed by atoms with van der Waals surface area (Å²) in [5.41, 5.74) is 2.42. The van der Waals surface area contributed by atoms with Gasteiger partial charge in [0.2, 0.25) is 0 Å². The third-order valence-corrected chi connectivity index (χ3v) is 5.79. The quantitative estimate of drug-likeness (QED) is 0.549. The van der Waals surface area contributed by atoms with Crippen LogP contribution >= 0.6 is 0 Å². The number of esters is 1.